The Kier molecular flexibility index (Phi) is 7.11. The van der Waals surface area contributed by atoms with E-state index in [1.54, 1.807) is 27.7 Å². The number of nitrogen functional groups attached to an aromatic ring is 1. The molecule has 198 valence electrons. The summed E-state index contributed by atoms with van der Waals surface area (Å²) in [5.41, 5.74) is 14.6. The third kappa shape index (κ3) is 5.04. The molecule has 6 aromatic rings. The number of rotatable bonds is 3. The van der Waals surface area contributed by atoms with Crippen molar-refractivity contribution in [3.63, 3.8) is 0 Å². The van der Waals surface area contributed by atoms with E-state index in [9.17, 15) is 9.59 Å². The number of fused-ring (bicyclic) bond motifs is 2. The molecule has 0 atom stereocenters. The summed E-state index contributed by atoms with van der Waals surface area (Å²) in [4.78, 5) is 32.1. The molecular weight excluding hydrogens is 506 g/mol. The van der Waals surface area contributed by atoms with Crippen molar-refractivity contribution in [2.75, 3.05) is 5.73 Å². The normalized spacial score (nSPS) is 10.6. The topological polar surface area (TPSA) is 147 Å². The fourth-order valence-electron chi connectivity index (χ4n) is 4.30. The van der Waals surface area contributed by atoms with Crippen LogP contribution in [0.5, 0.6) is 0 Å². The monoisotopic (exact) mass is 531 g/mol. The average molecular weight is 532 g/mol. The summed E-state index contributed by atoms with van der Waals surface area (Å²) in [5, 5.41) is 4.64. The smallest absolute Gasteiger partial charge is 0.256 e. The first-order valence-electron chi connectivity index (χ1n) is 12.4. The van der Waals surface area contributed by atoms with Crippen molar-refractivity contribution in [3.8, 4) is 23.0 Å². The van der Waals surface area contributed by atoms with E-state index >= 15 is 0 Å². The predicted octanol–water partition coefficient (Wildman–Crippen LogP) is 3.57. The minimum atomic E-state index is -0.623. The average Bonchev–Trinajstić information content (AvgIpc) is 3.60. The predicted molar refractivity (Wildman–Crippen MR) is 152 cm³/mol. The summed E-state index contributed by atoms with van der Waals surface area (Å²) in [6.45, 7) is 1.99. The highest BCUT2D eigenvalue weighted by molar-refractivity contribution is 6.02. The molecule has 4 heterocycles. The number of imidazole rings is 1. The standard InChI is InChI=1S/C23H18N2O2.C7H7N5O/c1-3-19-21(17-8-5-4-6-9-17)23(26)22-18(10-7-11-20(22)27-19)13-12-16-14-24-25(2)15-16;8-5-4(6(9)13)7-10-1-2-12(7)3-11-5/h4-11,14-15H,3H2,1-2H3;1-3H,8H2,(H2,9,13). The second-order valence-electron chi connectivity index (χ2n) is 8.81. The van der Waals surface area contributed by atoms with Crippen molar-refractivity contribution >= 4 is 28.3 Å². The molecule has 40 heavy (non-hydrogen) atoms. The zero-order valence-corrected chi connectivity index (χ0v) is 21.8. The van der Waals surface area contributed by atoms with Crippen molar-refractivity contribution in [2.24, 2.45) is 12.8 Å². The number of anilines is 1. The Morgan fingerprint density at radius 1 is 1.07 bits per heavy atom. The van der Waals surface area contributed by atoms with E-state index in [2.05, 4.69) is 26.9 Å². The molecule has 1 amide bonds. The Bertz CT molecular complexity index is 1980. The van der Waals surface area contributed by atoms with Gasteiger partial charge in [-0.2, -0.15) is 5.10 Å². The third-order valence-electron chi connectivity index (χ3n) is 6.14. The molecule has 0 aliphatic heterocycles. The lowest BCUT2D eigenvalue weighted by Gasteiger charge is -2.09. The number of aromatic nitrogens is 5. The SMILES string of the molecule is CCc1oc2cccc(C#Cc3cnn(C)c3)c2c(=O)c1-c1ccccc1.NC(=O)c1c(N)ncn2ccnc12. The summed E-state index contributed by atoms with van der Waals surface area (Å²) in [6.07, 6.45) is 8.86. The summed E-state index contributed by atoms with van der Waals surface area (Å²) < 4.78 is 9.37. The van der Waals surface area contributed by atoms with Gasteiger partial charge in [0.15, 0.2) is 5.65 Å². The van der Waals surface area contributed by atoms with Gasteiger partial charge in [0, 0.05) is 37.6 Å². The molecule has 0 fully saturated rings. The second kappa shape index (κ2) is 11.0. The first-order valence-corrected chi connectivity index (χ1v) is 12.4. The van der Waals surface area contributed by atoms with Gasteiger partial charge >= 0.3 is 0 Å². The molecule has 4 aromatic heterocycles. The molecule has 0 aliphatic carbocycles. The highest BCUT2D eigenvalue weighted by Crippen LogP contribution is 2.26. The van der Waals surface area contributed by atoms with Crippen LogP contribution in [0.25, 0.3) is 27.7 Å². The maximum Gasteiger partial charge on any atom is 0.256 e. The zero-order valence-electron chi connectivity index (χ0n) is 21.8. The fraction of sp³-hybridized carbons (Fsp3) is 0.100. The number of aryl methyl sites for hydroxylation is 2. The number of benzene rings is 2. The Hall–Kier alpha value is -5.69. The molecule has 0 radical (unpaired) electrons. The fourth-order valence-corrected chi connectivity index (χ4v) is 4.30. The van der Waals surface area contributed by atoms with Crippen LogP contribution in [0.4, 0.5) is 5.82 Å². The minimum Gasteiger partial charge on any atom is -0.460 e. The quantitative estimate of drug-likeness (QED) is 0.332. The van der Waals surface area contributed by atoms with Crippen LogP contribution in [-0.2, 0) is 13.5 Å². The second-order valence-corrected chi connectivity index (χ2v) is 8.81. The lowest BCUT2D eigenvalue weighted by atomic mass is 9.99. The number of carbonyl (C=O) groups is 1. The van der Waals surface area contributed by atoms with Gasteiger partial charge in [-0.25, -0.2) is 9.97 Å². The summed E-state index contributed by atoms with van der Waals surface area (Å²) in [7, 11) is 1.84. The van der Waals surface area contributed by atoms with Crippen LogP contribution in [0.15, 0.2) is 88.9 Å². The number of nitrogens with zero attached hydrogens (tertiary/aromatic N) is 5. The Labute approximate surface area is 228 Å². The third-order valence-corrected chi connectivity index (χ3v) is 6.14. The number of hydrogen-bond acceptors (Lipinski definition) is 7. The number of carbonyl (C=O) groups excluding carboxylic acids is 1. The van der Waals surface area contributed by atoms with Crippen LogP contribution in [-0.4, -0.2) is 30.1 Å². The summed E-state index contributed by atoms with van der Waals surface area (Å²) in [5.74, 6) is 6.36. The van der Waals surface area contributed by atoms with Gasteiger partial charge in [-0.15, -0.1) is 0 Å². The molecule has 6 rings (SSSR count). The van der Waals surface area contributed by atoms with Crippen molar-refractivity contribution in [3.05, 3.63) is 112 Å². The highest BCUT2D eigenvalue weighted by Gasteiger charge is 2.17. The van der Waals surface area contributed by atoms with E-state index in [0.29, 0.717) is 39.9 Å². The van der Waals surface area contributed by atoms with E-state index in [0.717, 1.165) is 11.1 Å². The molecule has 10 nitrogen and oxygen atoms in total. The van der Waals surface area contributed by atoms with Gasteiger partial charge in [-0.05, 0) is 17.7 Å². The van der Waals surface area contributed by atoms with Crippen molar-refractivity contribution < 1.29 is 9.21 Å². The van der Waals surface area contributed by atoms with E-state index in [-0.39, 0.29) is 16.8 Å². The van der Waals surface area contributed by atoms with Gasteiger partial charge in [-0.3, -0.25) is 18.7 Å². The molecule has 2 aromatic carbocycles. The molecule has 0 unspecified atom stereocenters. The van der Waals surface area contributed by atoms with E-state index in [1.165, 1.54) is 6.33 Å². The van der Waals surface area contributed by atoms with Gasteiger partial charge in [0.2, 0.25) is 5.43 Å². The van der Waals surface area contributed by atoms with Crippen LogP contribution in [0, 0.1) is 11.8 Å². The van der Waals surface area contributed by atoms with Crippen LogP contribution < -0.4 is 16.9 Å². The molecule has 4 N–H and O–H groups in total. The minimum absolute atomic E-state index is 0.0459. The Morgan fingerprint density at radius 2 is 1.88 bits per heavy atom. The van der Waals surface area contributed by atoms with Crippen LogP contribution in [0.1, 0.15) is 34.2 Å². The zero-order chi connectivity index (χ0) is 28.2. The van der Waals surface area contributed by atoms with Gasteiger partial charge in [0.1, 0.15) is 29.1 Å². The number of nitrogens with two attached hydrogens (primary N) is 2. The number of amides is 1. The highest BCUT2D eigenvalue weighted by atomic mass is 16.3. The largest absolute Gasteiger partial charge is 0.460 e. The summed E-state index contributed by atoms with van der Waals surface area (Å²) >= 11 is 0. The van der Waals surface area contributed by atoms with Crippen LogP contribution >= 0.6 is 0 Å². The molecule has 10 heteroatoms. The van der Waals surface area contributed by atoms with Crippen molar-refractivity contribution in [1.82, 2.24) is 24.1 Å². The van der Waals surface area contributed by atoms with E-state index in [4.69, 9.17) is 15.9 Å². The molecule has 0 spiro atoms. The maximum absolute atomic E-state index is 13.4. The van der Waals surface area contributed by atoms with E-state index in [1.807, 2.05) is 68.7 Å². The van der Waals surface area contributed by atoms with Crippen LogP contribution in [0.2, 0.25) is 0 Å². The van der Waals surface area contributed by atoms with Gasteiger partial charge in [0.05, 0.1) is 22.7 Å². The van der Waals surface area contributed by atoms with Gasteiger partial charge < -0.3 is 15.9 Å². The first kappa shape index (κ1) is 25.9. The van der Waals surface area contributed by atoms with Crippen molar-refractivity contribution in [1.29, 1.82) is 0 Å². The molecule has 0 bridgehead atoms. The lowest BCUT2D eigenvalue weighted by Crippen LogP contribution is -2.16. The van der Waals surface area contributed by atoms with Crippen LogP contribution in [0.3, 0.4) is 0 Å². The molecule has 0 saturated carbocycles. The molecular formula is C30H25N7O3. The molecule has 0 aliphatic rings. The Balaban J connectivity index is 0.000000207. The van der Waals surface area contributed by atoms with Gasteiger partial charge in [0.25, 0.3) is 5.91 Å². The summed E-state index contributed by atoms with van der Waals surface area (Å²) in [6, 6.07) is 15.2. The maximum atomic E-state index is 13.4. The van der Waals surface area contributed by atoms with E-state index < -0.39 is 5.91 Å². The van der Waals surface area contributed by atoms with Gasteiger partial charge in [-0.1, -0.05) is 55.2 Å². The molecule has 0 saturated heterocycles. The first-order chi connectivity index (χ1) is 19.4. The van der Waals surface area contributed by atoms with Crippen molar-refractivity contribution in [2.45, 2.75) is 13.3 Å². The number of hydrogen-bond donors (Lipinski definition) is 2. The Morgan fingerprint density at radius 3 is 2.58 bits per heavy atom. The number of primary amides is 1. The lowest BCUT2D eigenvalue weighted by molar-refractivity contribution is 0.100.